The predicted octanol–water partition coefficient (Wildman–Crippen LogP) is 3.20. The van der Waals surface area contributed by atoms with Gasteiger partial charge in [-0.1, -0.05) is 12.1 Å². The van der Waals surface area contributed by atoms with Gasteiger partial charge in [0.25, 0.3) is 0 Å². The van der Waals surface area contributed by atoms with Crippen molar-refractivity contribution in [2.24, 2.45) is 0 Å². The van der Waals surface area contributed by atoms with E-state index in [1.54, 1.807) is 32.2 Å². The Balaban J connectivity index is 2.36. The number of nitrogens with two attached hydrogens (primary N) is 1. The molecular formula is C16H18N2O3. The van der Waals surface area contributed by atoms with Crippen molar-refractivity contribution < 1.29 is 14.3 Å². The number of benzene rings is 2. The molecule has 2 aromatic rings. The van der Waals surface area contributed by atoms with Gasteiger partial charge in [-0.2, -0.15) is 0 Å². The molecule has 2 rings (SSSR count). The van der Waals surface area contributed by atoms with E-state index in [1.807, 2.05) is 24.3 Å². The van der Waals surface area contributed by atoms with Crippen LogP contribution < -0.4 is 15.8 Å². The number of esters is 1. The first-order valence-electron chi connectivity index (χ1n) is 6.62. The van der Waals surface area contributed by atoms with E-state index in [-0.39, 0.29) is 0 Å². The van der Waals surface area contributed by atoms with Gasteiger partial charge >= 0.3 is 5.97 Å². The molecule has 3 N–H and O–H groups in total. The Morgan fingerprint density at radius 2 is 2.00 bits per heavy atom. The fraction of sp³-hybridized carbons (Fsp3) is 0.188. The van der Waals surface area contributed by atoms with Gasteiger partial charge < -0.3 is 20.5 Å². The van der Waals surface area contributed by atoms with E-state index in [1.165, 1.54) is 0 Å². The number of nitrogen functional groups attached to an aromatic ring is 1. The summed E-state index contributed by atoms with van der Waals surface area (Å²) in [7, 11) is 1.60. The molecule has 0 saturated carbocycles. The molecule has 2 aromatic carbocycles. The number of carbonyl (C=O) groups is 1. The number of rotatable bonds is 5. The molecule has 0 aliphatic carbocycles. The molecule has 0 unspecified atom stereocenters. The molecule has 21 heavy (non-hydrogen) atoms. The quantitative estimate of drug-likeness (QED) is 0.652. The Labute approximate surface area is 123 Å². The molecule has 5 heteroatoms. The van der Waals surface area contributed by atoms with Crippen LogP contribution in [-0.4, -0.2) is 19.7 Å². The highest BCUT2D eigenvalue weighted by Gasteiger charge is 2.15. The highest BCUT2D eigenvalue weighted by atomic mass is 16.5. The summed E-state index contributed by atoms with van der Waals surface area (Å²) in [5.74, 6) is 0.308. The van der Waals surface area contributed by atoms with Crippen LogP contribution in [0.15, 0.2) is 42.5 Å². The standard InChI is InChI=1S/C16H18N2O3/c1-3-21-16(19)13-8-5-9-14(17)15(13)18-11-6-4-7-12(10-11)20-2/h4-10,18H,3,17H2,1-2H3. The maximum Gasteiger partial charge on any atom is 0.340 e. The van der Waals surface area contributed by atoms with E-state index in [2.05, 4.69) is 5.32 Å². The van der Waals surface area contributed by atoms with Gasteiger partial charge in [-0.25, -0.2) is 4.79 Å². The fourth-order valence-corrected chi connectivity index (χ4v) is 1.93. The first kappa shape index (κ1) is 14.7. The van der Waals surface area contributed by atoms with E-state index in [9.17, 15) is 4.79 Å². The average molecular weight is 286 g/mol. The van der Waals surface area contributed by atoms with Crippen molar-refractivity contribution in [3.63, 3.8) is 0 Å². The third-order valence-corrected chi connectivity index (χ3v) is 2.93. The number of anilines is 3. The maximum atomic E-state index is 12.0. The Morgan fingerprint density at radius 3 is 2.71 bits per heavy atom. The molecule has 0 atom stereocenters. The van der Waals surface area contributed by atoms with Gasteiger partial charge in [0.2, 0.25) is 0 Å². The SMILES string of the molecule is CCOC(=O)c1cccc(N)c1Nc1cccc(OC)c1. The largest absolute Gasteiger partial charge is 0.497 e. The summed E-state index contributed by atoms with van der Waals surface area (Å²) in [5.41, 5.74) is 8.16. The van der Waals surface area contributed by atoms with E-state index >= 15 is 0 Å². The number of ether oxygens (including phenoxy) is 2. The molecule has 0 heterocycles. The molecule has 0 bridgehead atoms. The smallest absolute Gasteiger partial charge is 0.340 e. The molecule has 0 aromatic heterocycles. The normalized spacial score (nSPS) is 10.0. The van der Waals surface area contributed by atoms with Crippen molar-refractivity contribution in [3.8, 4) is 5.75 Å². The second-order valence-corrected chi connectivity index (χ2v) is 4.35. The minimum absolute atomic E-state index is 0.312. The van der Waals surface area contributed by atoms with Crippen molar-refractivity contribution in [1.29, 1.82) is 0 Å². The number of nitrogens with one attached hydrogen (secondary N) is 1. The highest BCUT2D eigenvalue weighted by Crippen LogP contribution is 2.29. The van der Waals surface area contributed by atoms with E-state index in [4.69, 9.17) is 15.2 Å². The van der Waals surface area contributed by atoms with Crippen molar-refractivity contribution in [1.82, 2.24) is 0 Å². The van der Waals surface area contributed by atoms with Crippen LogP contribution in [0.25, 0.3) is 0 Å². The summed E-state index contributed by atoms with van der Waals surface area (Å²) in [4.78, 5) is 12.0. The Morgan fingerprint density at radius 1 is 1.24 bits per heavy atom. The molecular weight excluding hydrogens is 268 g/mol. The summed E-state index contributed by atoms with van der Waals surface area (Å²) in [5, 5.41) is 3.15. The van der Waals surface area contributed by atoms with Crippen molar-refractivity contribution in [2.45, 2.75) is 6.92 Å². The molecule has 0 radical (unpaired) electrons. The fourth-order valence-electron chi connectivity index (χ4n) is 1.93. The van der Waals surface area contributed by atoms with Gasteiger partial charge in [0.15, 0.2) is 0 Å². The van der Waals surface area contributed by atoms with Crippen LogP contribution in [0.1, 0.15) is 17.3 Å². The molecule has 110 valence electrons. The summed E-state index contributed by atoms with van der Waals surface area (Å²) in [6.07, 6.45) is 0. The highest BCUT2D eigenvalue weighted by molar-refractivity contribution is 5.99. The van der Waals surface area contributed by atoms with Gasteiger partial charge in [0, 0.05) is 11.8 Å². The van der Waals surface area contributed by atoms with Gasteiger partial charge in [-0.3, -0.25) is 0 Å². The third-order valence-electron chi connectivity index (χ3n) is 2.93. The predicted molar refractivity (Wildman–Crippen MR) is 83.1 cm³/mol. The second-order valence-electron chi connectivity index (χ2n) is 4.35. The van der Waals surface area contributed by atoms with Gasteiger partial charge in [0.05, 0.1) is 30.7 Å². The Hall–Kier alpha value is -2.69. The van der Waals surface area contributed by atoms with Crippen LogP contribution in [0.2, 0.25) is 0 Å². The number of carbonyl (C=O) groups excluding carboxylic acids is 1. The molecule has 0 fully saturated rings. The molecule has 0 aliphatic rings. The van der Waals surface area contributed by atoms with E-state index < -0.39 is 5.97 Å². The number of methoxy groups -OCH3 is 1. The second kappa shape index (κ2) is 6.65. The minimum Gasteiger partial charge on any atom is -0.497 e. The van der Waals surface area contributed by atoms with Crippen molar-refractivity contribution in [2.75, 3.05) is 24.8 Å². The lowest BCUT2D eigenvalue weighted by molar-refractivity contribution is 0.0527. The maximum absolute atomic E-state index is 12.0. The number of hydrogen-bond donors (Lipinski definition) is 2. The van der Waals surface area contributed by atoms with E-state index in [0.29, 0.717) is 29.3 Å². The summed E-state index contributed by atoms with van der Waals surface area (Å²) in [6.45, 7) is 2.07. The number of hydrogen-bond acceptors (Lipinski definition) is 5. The Bertz CT molecular complexity index is 641. The monoisotopic (exact) mass is 286 g/mol. The molecule has 0 spiro atoms. The molecule has 5 nitrogen and oxygen atoms in total. The van der Waals surface area contributed by atoms with Crippen LogP contribution in [-0.2, 0) is 4.74 Å². The van der Waals surface area contributed by atoms with Crippen molar-refractivity contribution >= 4 is 23.0 Å². The summed E-state index contributed by atoms with van der Waals surface area (Å²) in [6, 6.07) is 12.5. The zero-order valence-electron chi connectivity index (χ0n) is 12.1. The minimum atomic E-state index is -0.407. The zero-order valence-corrected chi connectivity index (χ0v) is 12.1. The zero-order chi connectivity index (χ0) is 15.2. The van der Waals surface area contributed by atoms with Gasteiger partial charge in [-0.15, -0.1) is 0 Å². The van der Waals surface area contributed by atoms with Crippen LogP contribution in [0.5, 0.6) is 5.75 Å². The van der Waals surface area contributed by atoms with Crippen molar-refractivity contribution in [3.05, 3.63) is 48.0 Å². The van der Waals surface area contributed by atoms with Gasteiger partial charge in [0.1, 0.15) is 5.75 Å². The first-order valence-corrected chi connectivity index (χ1v) is 6.62. The Kier molecular flexibility index (Phi) is 4.66. The topological polar surface area (TPSA) is 73.6 Å². The van der Waals surface area contributed by atoms with E-state index in [0.717, 1.165) is 5.69 Å². The first-order chi connectivity index (χ1) is 10.2. The molecule has 0 amide bonds. The lowest BCUT2D eigenvalue weighted by Crippen LogP contribution is -2.09. The summed E-state index contributed by atoms with van der Waals surface area (Å²) < 4.78 is 10.2. The third kappa shape index (κ3) is 3.45. The van der Waals surface area contributed by atoms with Crippen LogP contribution in [0, 0.1) is 0 Å². The average Bonchev–Trinajstić information content (AvgIpc) is 2.49. The molecule has 0 saturated heterocycles. The summed E-state index contributed by atoms with van der Waals surface area (Å²) >= 11 is 0. The van der Waals surface area contributed by atoms with Crippen LogP contribution in [0.3, 0.4) is 0 Å². The van der Waals surface area contributed by atoms with Gasteiger partial charge in [-0.05, 0) is 31.2 Å². The lowest BCUT2D eigenvalue weighted by atomic mass is 10.1. The van der Waals surface area contributed by atoms with Crippen LogP contribution in [0.4, 0.5) is 17.1 Å². The van der Waals surface area contributed by atoms with Crippen LogP contribution >= 0.6 is 0 Å². The molecule has 0 aliphatic heterocycles. The lowest BCUT2D eigenvalue weighted by Gasteiger charge is -2.14. The number of para-hydroxylation sites is 1.